The fourth-order valence-corrected chi connectivity index (χ4v) is 2.93. The fourth-order valence-electron chi connectivity index (χ4n) is 2.93. The van der Waals surface area contributed by atoms with Crippen molar-refractivity contribution in [3.05, 3.63) is 35.1 Å². The van der Waals surface area contributed by atoms with Gasteiger partial charge in [0.05, 0.1) is 12.0 Å². The van der Waals surface area contributed by atoms with Gasteiger partial charge in [-0.25, -0.2) is 4.39 Å². The van der Waals surface area contributed by atoms with E-state index in [1.807, 2.05) is 0 Å². The van der Waals surface area contributed by atoms with Gasteiger partial charge in [-0.15, -0.1) is 0 Å². The number of carboxylic acids is 1. The Kier molecular flexibility index (Phi) is 5.13. The molecule has 0 bridgehead atoms. The molecule has 0 heterocycles. The number of hydrogen-bond donors (Lipinski definition) is 2. The topological polar surface area (TPSA) is 75.6 Å². The van der Waals surface area contributed by atoms with Gasteiger partial charge in [-0.3, -0.25) is 9.59 Å². The molecular weight excluding hydrogens is 289 g/mol. The van der Waals surface area contributed by atoms with Gasteiger partial charge in [-0.2, -0.15) is 0 Å². The minimum atomic E-state index is -0.996. The van der Waals surface area contributed by atoms with E-state index in [0.717, 1.165) is 31.7 Å². The van der Waals surface area contributed by atoms with Crippen molar-refractivity contribution in [1.82, 2.24) is 5.32 Å². The number of rotatable bonds is 6. The second-order valence-electron chi connectivity index (χ2n) is 5.53. The Bertz CT molecular complexity index is 567. The Morgan fingerprint density at radius 3 is 2.59 bits per heavy atom. The number of halogens is 1. The monoisotopic (exact) mass is 309 g/mol. The zero-order valence-electron chi connectivity index (χ0n) is 12.5. The highest BCUT2D eigenvalue weighted by Crippen LogP contribution is 2.42. The van der Waals surface area contributed by atoms with Crippen molar-refractivity contribution >= 4 is 11.9 Å². The smallest absolute Gasteiger partial charge is 0.305 e. The standard InChI is InChI=1S/C16H20FNO4/c1-22-16(5-2-3-6-16)12-8-11(9-13(17)10-12)15(21)18-7-4-14(19)20/h8-10H,2-7H2,1H3,(H,18,21)(H,19,20). The van der Waals surface area contributed by atoms with Crippen molar-refractivity contribution in [2.45, 2.75) is 37.7 Å². The van der Waals surface area contributed by atoms with Gasteiger partial charge in [0, 0.05) is 19.2 Å². The van der Waals surface area contributed by atoms with E-state index in [9.17, 15) is 14.0 Å². The van der Waals surface area contributed by atoms with Crippen LogP contribution in [0.1, 0.15) is 48.0 Å². The number of hydrogen-bond acceptors (Lipinski definition) is 3. The molecule has 2 rings (SSSR count). The van der Waals surface area contributed by atoms with Crippen molar-refractivity contribution in [3.63, 3.8) is 0 Å². The Labute approximate surface area is 128 Å². The van der Waals surface area contributed by atoms with E-state index < -0.39 is 23.3 Å². The van der Waals surface area contributed by atoms with Crippen molar-refractivity contribution in [2.75, 3.05) is 13.7 Å². The third-order valence-corrected chi connectivity index (χ3v) is 4.11. The Hall–Kier alpha value is -1.95. The van der Waals surface area contributed by atoms with Gasteiger partial charge >= 0.3 is 5.97 Å². The van der Waals surface area contributed by atoms with E-state index >= 15 is 0 Å². The Balaban J connectivity index is 2.19. The molecule has 0 aliphatic heterocycles. The number of carbonyl (C=O) groups excluding carboxylic acids is 1. The van der Waals surface area contributed by atoms with Gasteiger partial charge in [-0.05, 0) is 36.6 Å². The molecule has 6 heteroatoms. The van der Waals surface area contributed by atoms with Crippen LogP contribution in [0, 0.1) is 5.82 Å². The fraction of sp³-hybridized carbons (Fsp3) is 0.500. The SMILES string of the molecule is COC1(c2cc(F)cc(C(=O)NCCC(=O)O)c2)CCCC1. The molecule has 0 atom stereocenters. The number of carbonyl (C=O) groups is 2. The van der Waals surface area contributed by atoms with Crippen LogP contribution in [0.2, 0.25) is 0 Å². The summed E-state index contributed by atoms with van der Waals surface area (Å²) in [5, 5.41) is 11.0. The zero-order chi connectivity index (χ0) is 16.2. The minimum absolute atomic E-state index is 0.00936. The van der Waals surface area contributed by atoms with Crippen LogP contribution in [0.25, 0.3) is 0 Å². The lowest BCUT2D eigenvalue weighted by molar-refractivity contribution is -0.136. The summed E-state index contributed by atoms with van der Waals surface area (Å²) < 4.78 is 19.5. The summed E-state index contributed by atoms with van der Waals surface area (Å²) >= 11 is 0. The highest BCUT2D eigenvalue weighted by atomic mass is 19.1. The van der Waals surface area contributed by atoms with Gasteiger partial charge in [0.15, 0.2) is 0 Å². The summed E-state index contributed by atoms with van der Waals surface area (Å²) in [5.41, 5.74) is 0.317. The van der Waals surface area contributed by atoms with E-state index in [1.54, 1.807) is 13.2 Å². The molecule has 1 saturated carbocycles. The van der Waals surface area contributed by atoms with Crippen LogP contribution in [-0.4, -0.2) is 30.6 Å². The largest absolute Gasteiger partial charge is 0.481 e. The number of ether oxygens (including phenoxy) is 1. The van der Waals surface area contributed by atoms with Crippen LogP contribution >= 0.6 is 0 Å². The van der Waals surface area contributed by atoms with Crippen molar-refractivity contribution in [2.24, 2.45) is 0 Å². The maximum absolute atomic E-state index is 13.9. The lowest BCUT2D eigenvalue weighted by Gasteiger charge is -2.28. The third kappa shape index (κ3) is 3.62. The zero-order valence-corrected chi connectivity index (χ0v) is 12.5. The van der Waals surface area contributed by atoms with Gasteiger partial charge in [0.2, 0.25) is 0 Å². The van der Waals surface area contributed by atoms with Crippen LogP contribution in [0.15, 0.2) is 18.2 Å². The van der Waals surface area contributed by atoms with E-state index in [1.165, 1.54) is 6.07 Å². The van der Waals surface area contributed by atoms with E-state index in [2.05, 4.69) is 5.32 Å². The molecule has 0 radical (unpaired) electrons. The first-order chi connectivity index (χ1) is 10.5. The molecule has 22 heavy (non-hydrogen) atoms. The predicted molar refractivity (Wildman–Crippen MR) is 78.1 cm³/mol. The first kappa shape index (κ1) is 16.4. The third-order valence-electron chi connectivity index (χ3n) is 4.11. The first-order valence-corrected chi connectivity index (χ1v) is 7.33. The molecule has 0 saturated heterocycles. The Morgan fingerprint density at radius 1 is 1.32 bits per heavy atom. The molecule has 120 valence electrons. The van der Waals surface area contributed by atoms with Crippen LogP contribution in [0.3, 0.4) is 0 Å². The summed E-state index contributed by atoms with van der Waals surface area (Å²) in [7, 11) is 1.60. The van der Waals surface area contributed by atoms with E-state index in [0.29, 0.717) is 5.56 Å². The predicted octanol–water partition coefficient (Wildman–Crippen LogP) is 2.45. The highest BCUT2D eigenvalue weighted by molar-refractivity contribution is 5.94. The second-order valence-corrected chi connectivity index (χ2v) is 5.53. The van der Waals surface area contributed by atoms with Crippen molar-refractivity contribution < 1.29 is 23.8 Å². The summed E-state index contributed by atoms with van der Waals surface area (Å²) in [6.45, 7) is 0.00936. The second kappa shape index (κ2) is 6.87. The molecule has 1 aliphatic rings. The van der Waals surface area contributed by atoms with Crippen molar-refractivity contribution in [3.8, 4) is 0 Å². The van der Waals surface area contributed by atoms with Gasteiger partial charge in [0.25, 0.3) is 5.91 Å². The van der Waals surface area contributed by atoms with Crippen LogP contribution < -0.4 is 5.32 Å². The number of nitrogens with one attached hydrogen (secondary N) is 1. The number of carboxylic acid groups (broad SMARTS) is 1. The van der Waals surface area contributed by atoms with Crippen LogP contribution in [-0.2, 0) is 15.1 Å². The Morgan fingerprint density at radius 2 is 2.00 bits per heavy atom. The number of benzene rings is 1. The average Bonchev–Trinajstić information content (AvgIpc) is 2.96. The van der Waals surface area contributed by atoms with Gasteiger partial charge in [0.1, 0.15) is 5.82 Å². The van der Waals surface area contributed by atoms with Crippen LogP contribution in [0.5, 0.6) is 0 Å². The van der Waals surface area contributed by atoms with E-state index in [4.69, 9.17) is 9.84 Å². The van der Waals surface area contributed by atoms with Crippen LogP contribution in [0.4, 0.5) is 4.39 Å². The molecule has 0 spiro atoms. The number of amides is 1. The molecule has 5 nitrogen and oxygen atoms in total. The maximum Gasteiger partial charge on any atom is 0.305 e. The molecule has 1 aromatic carbocycles. The lowest BCUT2D eigenvalue weighted by Crippen LogP contribution is -2.28. The highest BCUT2D eigenvalue weighted by Gasteiger charge is 2.36. The van der Waals surface area contributed by atoms with Gasteiger partial charge in [-0.1, -0.05) is 12.8 Å². The molecular formula is C16H20FNO4. The summed E-state index contributed by atoms with van der Waals surface area (Å²) in [4.78, 5) is 22.5. The average molecular weight is 309 g/mol. The molecule has 0 unspecified atom stereocenters. The lowest BCUT2D eigenvalue weighted by atomic mass is 9.90. The van der Waals surface area contributed by atoms with Crippen molar-refractivity contribution in [1.29, 1.82) is 0 Å². The maximum atomic E-state index is 13.9. The molecule has 0 aromatic heterocycles. The number of aliphatic carboxylic acids is 1. The summed E-state index contributed by atoms with van der Waals surface area (Å²) in [6, 6.07) is 4.19. The number of methoxy groups -OCH3 is 1. The summed E-state index contributed by atoms with van der Waals surface area (Å²) in [6.07, 6.45) is 3.44. The first-order valence-electron chi connectivity index (χ1n) is 7.33. The quantitative estimate of drug-likeness (QED) is 0.846. The normalized spacial score (nSPS) is 16.5. The molecule has 1 fully saturated rings. The molecule has 1 aliphatic carbocycles. The minimum Gasteiger partial charge on any atom is -0.481 e. The molecule has 1 aromatic rings. The van der Waals surface area contributed by atoms with Gasteiger partial charge < -0.3 is 15.2 Å². The molecule has 2 N–H and O–H groups in total. The van der Waals surface area contributed by atoms with E-state index in [-0.39, 0.29) is 18.5 Å². The summed E-state index contributed by atoms with van der Waals surface area (Å²) in [5.74, 6) is -1.97. The molecule has 1 amide bonds.